The summed E-state index contributed by atoms with van der Waals surface area (Å²) in [6.07, 6.45) is 2.02. The normalized spacial score (nSPS) is 11.8. The second-order valence-corrected chi connectivity index (χ2v) is 2.49. The predicted molar refractivity (Wildman–Crippen MR) is 44.1 cm³/mol. The van der Waals surface area contributed by atoms with Gasteiger partial charge in [0.15, 0.2) is 0 Å². The van der Waals surface area contributed by atoms with Crippen LogP contribution in [-0.4, -0.2) is 25.0 Å². The molecule has 0 saturated heterocycles. The van der Waals surface area contributed by atoms with Crippen LogP contribution in [0.3, 0.4) is 0 Å². The van der Waals surface area contributed by atoms with Crippen molar-refractivity contribution >= 4 is 12.4 Å². The monoisotopic (exact) mass is 190 g/mol. The van der Waals surface area contributed by atoms with Crippen LogP contribution in [0, 0.1) is 0 Å². The highest BCUT2D eigenvalue weighted by Gasteiger charge is 2.15. The molecule has 0 aliphatic heterocycles. The van der Waals surface area contributed by atoms with E-state index in [-0.39, 0.29) is 6.47 Å². The van der Waals surface area contributed by atoms with Crippen LogP contribution in [0.2, 0.25) is 0 Å². The predicted octanol–water partition coefficient (Wildman–Crippen LogP) is -0.926. The number of unbranched alkanes of at least 4 members (excludes halogenated alkanes) is 1. The fourth-order valence-corrected chi connectivity index (χ4v) is 0.755. The van der Waals surface area contributed by atoms with Gasteiger partial charge in [0.05, 0.1) is 0 Å². The molecule has 0 saturated carbocycles. The molecule has 0 radical (unpaired) electrons. The molecule has 4 N–H and O–H groups in total. The van der Waals surface area contributed by atoms with E-state index in [2.05, 4.69) is 9.78 Å². The smallest absolute Gasteiger partial charge is 0.330 e. The third kappa shape index (κ3) is 6.06. The Morgan fingerprint density at radius 3 is 2.69 bits per heavy atom. The Hall–Kier alpha value is -1.14. The van der Waals surface area contributed by atoms with Crippen molar-refractivity contribution in [1.82, 2.24) is 0 Å². The lowest BCUT2D eigenvalue weighted by Gasteiger charge is -2.07. The van der Waals surface area contributed by atoms with Crippen molar-refractivity contribution < 1.29 is 19.4 Å². The van der Waals surface area contributed by atoms with Crippen LogP contribution in [0.4, 0.5) is 0 Å². The molecule has 76 valence electrons. The summed E-state index contributed by atoms with van der Waals surface area (Å²) < 4.78 is 0. The van der Waals surface area contributed by atoms with Crippen LogP contribution < -0.4 is 11.5 Å². The van der Waals surface area contributed by atoms with Crippen molar-refractivity contribution in [1.29, 1.82) is 0 Å². The van der Waals surface area contributed by atoms with Crippen molar-refractivity contribution in [3.63, 3.8) is 0 Å². The van der Waals surface area contributed by atoms with Crippen LogP contribution in [0.15, 0.2) is 0 Å². The van der Waals surface area contributed by atoms with Gasteiger partial charge in [-0.05, 0) is 19.4 Å². The highest BCUT2D eigenvalue weighted by molar-refractivity contribution is 5.75. The Balaban J connectivity index is 3.50. The van der Waals surface area contributed by atoms with Gasteiger partial charge in [-0.15, -0.1) is 0 Å². The summed E-state index contributed by atoms with van der Waals surface area (Å²) in [7, 11) is 0. The molecule has 0 unspecified atom stereocenters. The van der Waals surface area contributed by atoms with E-state index in [0.29, 0.717) is 13.0 Å². The minimum absolute atomic E-state index is 0.0184. The van der Waals surface area contributed by atoms with E-state index in [0.717, 1.165) is 12.8 Å². The summed E-state index contributed by atoms with van der Waals surface area (Å²) in [5.41, 5.74) is 10.6. The molecule has 0 spiro atoms. The average Bonchev–Trinajstić information content (AvgIpc) is 2.14. The van der Waals surface area contributed by atoms with Gasteiger partial charge in [0.25, 0.3) is 0 Å². The Morgan fingerprint density at radius 1 is 1.46 bits per heavy atom. The van der Waals surface area contributed by atoms with Gasteiger partial charge in [-0.25, -0.2) is 9.68 Å². The second-order valence-electron chi connectivity index (χ2n) is 2.49. The van der Waals surface area contributed by atoms with Crippen LogP contribution in [0.25, 0.3) is 0 Å². The second kappa shape index (κ2) is 7.51. The van der Waals surface area contributed by atoms with E-state index in [4.69, 9.17) is 11.5 Å². The van der Waals surface area contributed by atoms with Crippen LogP contribution >= 0.6 is 0 Å². The minimum Gasteiger partial charge on any atom is -0.330 e. The van der Waals surface area contributed by atoms with E-state index >= 15 is 0 Å². The van der Waals surface area contributed by atoms with Gasteiger partial charge >= 0.3 is 12.4 Å². The maximum atomic E-state index is 10.8. The lowest BCUT2D eigenvalue weighted by molar-refractivity contribution is -0.249. The van der Waals surface area contributed by atoms with E-state index < -0.39 is 12.0 Å². The third-order valence-electron chi connectivity index (χ3n) is 1.44. The summed E-state index contributed by atoms with van der Waals surface area (Å²) >= 11 is 0. The molecule has 6 heteroatoms. The molecule has 0 aromatic rings. The van der Waals surface area contributed by atoms with Crippen molar-refractivity contribution in [2.45, 2.75) is 25.3 Å². The maximum absolute atomic E-state index is 10.8. The topological polar surface area (TPSA) is 105 Å². The Kier molecular flexibility index (Phi) is 6.85. The first-order chi connectivity index (χ1) is 6.22. The molecule has 0 heterocycles. The summed E-state index contributed by atoms with van der Waals surface area (Å²) in [6, 6.07) is -0.758. The number of hydrogen-bond donors (Lipinski definition) is 2. The molecule has 0 bridgehead atoms. The van der Waals surface area contributed by atoms with Crippen LogP contribution in [0.5, 0.6) is 0 Å². The van der Waals surface area contributed by atoms with Crippen molar-refractivity contribution in [3.05, 3.63) is 0 Å². The SMILES string of the molecule is NCCCC[C@@H](N)C(=O)OOC=O. The van der Waals surface area contributed by atoms with Crippen LogP contribution in [0.1, 0.15) is 19.3 Å². The third-order valence-corrected chi connectivity index (χ3v) is 1.44. The quantitative estimate of drug-likeness (QED) is 0.233. The lowest BCUT2D eigenvalue weighted by atomic mass is 10.1. The summed E-state index contributed by atoms with van der Waals surface area (Å²) in [6.45, 7) is 0.580. The molecule has 0 aromatic heterocycles. The molecular weight excluding hydrogens is 176 g/mol. The molecule has 0 fully saturated rings. The van der Waals surface area contributed by atoms with E-state index in [1.165, 1.54) is 0 Å². The van der Waals surface area contributed by atoms with Crippen molar-refractivity contribution in [2.75, 3.05) is 6.54 Å². The summed E-state index contributed by atoms with van der Waals surface area (Å²) in [4.78, 5) is 28.3. The zero-order valence-electron chi connectivity index (χ0n) is 7.27. The van der Waals surface area contributed by atoms with Gasteiger partial charge in [-0.1, -0.05) is 6.42 Å². The maximum Gasteiger partial charge on any atom is 0.372 e. The molecule has 0 aliphatic carbocycles. The number of carbonyl (C=O) groups is 2. The van der Waals surface area contributed by atoms with Gasteiger partial charge in [-0.3, -0.25) is 9.68 Å². The Bertz CT molecular complexity index is 163. The molecule has 6 nitrogen and oxygen atoms in total. The van der Waals surface area contributed by atoms with Crippen molar-refractivity contribution in [3.8, 4) is 0 Å². The highest BCUT2D eigenvalue weighted by Crippen LogP contribution is 1.99. The van der Waals surface area contributed by atoms with Gasteiger partial charge in [0, 0.05) is 0 Å². The fraction of sp³-hybridized carbons (Fsp3) is 0.714. The van der Waals surface area contributed by atoms with Gasteiger partial charge < -0.3 is 11.5 Å². The lowest BCUT2D eigenvalue weighted by Crippen LogP contribution is -2.32. The zero-order valence-corrected chi connectivity index (χ0v) is 7.27. The standard InChI is InChI=1S/C7H14N2O4/c8-4-2-1-3-6(9)7(11)13-12-5-10/h5-6H,1-4,8-9H2/t6-/m1/s1. The molecule has 0 aromatic carbocycles. The zero-order chi connectivity index (χ0) is 10.1. The number of nitrogens with two attached hydrogens (primary N) is 2. The minimum atomic E-state index is -0.758. The molecule has 0 aliphatic rings. The van der Waals surface area contributed by atoms with Crippen LogP contribution in [-0.2, 0) is 19.4 Å². The molecule has 1 atom stereocenters. The van der Waals surface area contributed by atoms with Crippen molar-refractivity contribution in [2.24, 2.45) is 11.5 Å². The summed E-state index contributed by atoms with van der Waals surface area (Å²) in [5.74, 6) is -0.746. The average molecular weight is 190 g/mol. The van der Waals surface area contributed by atoms with E-state index in [1.807, 2.05) is 0 Å². The molecule has 13 heavy (non-hydrogen) atoms. The molecular formula is C7H14N2O4. The first-order valence-electron chi connectivity index (χ1n) is 3.98. The molecule has 0 amide bonds. The first-order valence-corrected chi connectivity index (χ1v) is 3.98. The van der Waals surface area contributed by atoms with Gasteiger partial charge in [0.2, 0.25) is 0 Å². The molecule has 0 rings (SSSR count). The number of carbonyl (C=O) groups excluding carboxylic acids is 2. The fourth-order valence-electron chi connectivity index (χ4n) is 0.755. The highest BCUT2D eigenvalue weighted by atomic mass is 17.2. The van der Waals surface area contributed by atoms with Gasteiger partial charge in [0.1, 0.15) is 6.04 Å². The largest absolute Gasteiger partial charge is 0.372 e. The summed E-state index contributed by atoms with van der Waals surface area (Å²) in [5, 5.41) is 0. The van der Waals surface area contributed by atoms with Gasteiger partial charge in [-0.2, -0.15) is 0 Å². The first kappa shape index (κ1) is 11.9. The number of rotatable bonds is 7. The Labute approximate surface area is 76.1 Å². The van der Waals surface area contributed by atoms with E-state index in [1.54, 1.807) is 0 Å². The number of hydrogen-bond acceptors (Lipinski definition) is 6. The Morgan fingerprint density at radius 2 is 2.15 bits per heavy atom. The van der Waals surface area contributed by atoms with E-state index in [9.17, 15) is 9.59 Å².